The van der Waals surface area contributed by atoms with Crippen LogP contribution in [0.25, 0.3) is 0 Å². The van der Waals surface area contributed by atoms with E-state index in [1.807, 2.05) is 20.8 Å². The second-order valence-electron chi connectivity index (χ2n) is 5.40. The lowest BCUT2D eigenvalue weighted by atomic mass is 10.1. The van der Waals surface area contributed by atoms with E-state index in [0.717, 1.165) is 0 Å². The zero-order chi connectivity index (χ0) is 14.6. The van der Waals surface area contributed by atoms with E-state index in [9.17, 15) is 4.79 Å². The van der Waals surface area contributed by atoms with E-state index < -0.39 is 6.10 Å². The third-order valence-electron chi connectivity index (χ3n) is 2.38. The predicted octanol–water partition coefficient (Wildman–Crippen LogP) is 1.96. The molecule has 0 saturated carbocycles. The highest BCUT2D eigenvalue weighted by molar-refractivity contribution is 5.81. The molecule has 1 aromatic carbocycles. The van der Waals surface area contributed by atoms with Crippen LogP contribution < -0.4 is 20.5 Å². The lowest BCUT2D eigenvalue weighted by Gasteiger charge is -2.23. The van der Waals surface area contributed by atoms with Gasteiger partial charge in [-0.1, -0.05) is 0 Å². The van der Waals surface area contributed by atoms with Gasteiger partial charge >= 0.3 is 0 Å². The maximum absolute atomic E-state index is 11.9. The summed E-state index contributed by atoms with van der Waals surface area (Å²) in [5.74, 6) is 0.955. The molecule has 0 aliphatic rings. The van der Waals surface area contributed by atoms with Gasteiger partial charge in [-0.2, -0.15) is 0 Å². The Morgan fingerprint density at radius 2 is 2.00 bits per heavy atom. The molecule has 0 spiro atoms. The number of nitrogens with one attached hydrogen (secondary N) is 1. The fourth-order valence-electron chi connectivity index (χ4n) is 1.51. The van der Waals surface area contributed by atoms with Crippen LogP contribution in [0.3, 0.4) is 0 Å². The fraction of sp³-hybridized carbons (Fsp3) is 0.500. The van der Waals surface area contributed by atoms with Gasteiger partial charge in [0, 0.05) is 11.6 Å². The van der Waals surface area contributed by atoms with Gasteiger partial charge in [0.2, 0.25) is 0 Å². The van der Waals surface area contributed by atoms with Crippen molar-refractivity contribution in [3.63, 3.8) is 0 Å². The van der Waals surface area contributed by atoms with E-state index in [4.69, 9.17) is 15.2 Å². The van der Waals surface area contributed by atoms with E-state index in [1.165, 1.54) is 0 Å². The summed E-state index contributed by atoms with van der Waals surface area (Å²) >= 11 is 0. The van der Waals surface area contributed by atoms with Gasteiger partial charge in [0.05, 0.1) is 12.8 Å². The standard InChI is InChI=1S/C14H22N2O3/c1-9(13(17)16-14(2,3)4)19-10-6-7-12(18-5)11(15)8-10/h6-9H,15H2,1-5H3,(H,16,17). The SMILES string of the molecule is COc1ccc(OC(C)C(=O)NC(C)(C)C)cc1N. The summed E-state index contributed by atoms with van der Waals surface area (Å²) in [6, 6.07) is 5.06. The van der Waals surface area contributed by atoms with Crippen molar-refractivity contribution in [3.05, 3.63) is 18.2 Å². The summed E-state index contributed by atoms with van der Waals surface area (Å²) in [6.45, 7) is 7.45. The average Bonchev–Trinajstić information content (AvgIpc) is 2.27. The summed E-state index contributed by atoms with van der Waals surface area (Å²) in [4.78, 5) is 11.9. The van der Waals surface area contributed by atoms with E-state index in [-0.39, 0.29) is 11.4 Å². The van der Waals surface area contributed by atoms with Gasteiger partial charge in [0.1, 0.15) is 11.5 Å². The third kappa shape index (κ3) is 4.69. The number of hydrogen-bond acceptors (Lipinski definition) is 4. The summed E-state index contributed by atoms with van der Waals surface area (Å²) < 4.78 is 10.6. The van der Waals surface area contributed by atoms with Crippen molar-refractivity contribution in [2.75, 3.05) is 12.8 Å². The Bertz CT molecular complexity index is 452. The maximum Gasteiger partial charge on any atom is 0.261 e. The second-order valence-corrected chi connectivity index (χ2v) is 5.40. The van der Waals surface area contributed by atoms with Crippen LogP contribution in [-0.2, 0) is 4.79 Å². The molecule has 19 heavy (non-hydrogen) atoms. The van der Waals surface area contributed by atoms with Gasteiger partial charge in [-0.25, -0.2) is 0 Å². The predicted molar refractivity (Wildman–Crippen MR) is 75.4 cm³/mol. The Morgan fingerprint density at radius 3 is 2.47 bits per heavy atom. The molecule has 5 nitrogen and oxygen atoms in total. The molecule has 106 valence electrons. The van der Waals surface area contributed by atoms with Crippen LogP contribution in [0, 0.1) is 0 Å². The topological polar surface area (TPSA) is 73.6 Å². The minimum Gasteiger partial charge on any atom is -0.495 e. The van der Waals surface area contributed by atoms with Crippen LogP contribution in [0.4, 0.5) is 5.69 Å². The number of amides is 1. The van der Waals surface area contributed by atoms with Gasteiger partial charge in [-0.15, -0.1) is 0 Å². The van der Waals surface area contributed by atoms with E-state index >= 15 is 0 Å². The van der Waals surface area contributed by atoms with Gasteiger partial charge < -0.3 is 20.5 Å². The Labute approximate surface area is 114 Å². The second kappa shape index (κ2) is 5.82. The molecule has 1 unspecified atom stereocenters. The van der Waals surface area contributed by atoms with E-state index in [0.29, 0.717) is 17.2 Å². The molecule has 1 rings (SSSR count). The van der Waals surface area contributed by atoms with Gasteiger partial charge in [-0.3, -0.25) is 4.79 Å². The Balaban J connectivity index is 2.69. The number of nitrogens with two attached hydrogens (primary N) is 1. The molecule has 0 aromatic heterocycles. The first-order valence-electron chi connectivity index (χ1n) is 6.15. The summed E-state index contributed by atoms with van der Waals surface area (Å²) in [5.41, 5.74) is 5.97. The molecule has 1 atom stereocenters. The highest BCUT2D eigenvalue weighted by Gasteiger charge is 2.20. The van der Waals surface area contributed by atoms with Crippen molar-refractivity contribution in [1.29, 1.82) is 0 Å². The third-order valence-corrected chi connectivity index (χ3v) is 2.38. The fourth-order valence-corrected chi connectivity index (χ4v) is 1.51. The molecule has 3 N–H and O–H groups in total. The normalized spacial score (nSPS) is 12.7. The highest BCUT2D eigenvalue weighted by Crippen LogP contribution is 2.26. The molecule has 0 aliphatic carbocycles. The summed E-state index contributed by atoms with van der Waals surface area (Å²) in [5, 5.41) is 2.86. The molecule has 0 heterocycles. The van der Waals surface area contributed by atoms with Crippen molar-refractivity contribution in [1.82, 2.24) is 5.32 Å². The Kier molecular flexibility index (Phi) is 4.64. The highest BCUT2D eigenvalue weighted by atomic mass is 16.5. The zero-order valence-electron chi connectivity index (χ0n) is 12.1. The molecule has 0 aliphatic heterocycles. The first-order chi connectivity index (χ1) is 8.73. The quantitative estimate of drug-likeness (QED) is 0.817. The van der Waals surface area contributed by atoms with Gasteiger partial charge in [0.15, 0.2) is 6.10 Å². The number of carbonyl (C=O) groups is 1. The Hall–Kier alpha value is -1.91. The number of carbonyl (C=O) groups excluding carboxylic acids is 1. The monoisotopic (exact) mass is 266 g/mol. The van der Waals surface area contributed by atoms with Crippen molar-refractivity contribution in [2.45, 2.75) is 39.3 Å². The Morgan fingerprint density at radius 1 is 1.37 bits per heavy atom. The van der Waals surface area contributed by atoms with E-state index in [2.05, 4.69) is 5.32 Å². The average molecular weight is 266 g/mol. The number of benzene rings is 1. The number of nitrogen functional groups attached to an aromatic ring is 1. The molecular formula is C14H22N2O3. The van der Waals surface area contributed by atoms with Crippen LogP contribution in [0.1, 0.15) is 27.7 Å². The number of methoxy groups -OCH3 is 1. The lowest BCUT2D eigenvalue weighted by Crippen LogP contribution is -2.46. The van der Waals surface area contributed by atoms with Crippen molar-refractivity contribution in [2.24, 2.45) is 0 Å². The minimum absolute atomic E-state index is 0.165. The van der Waals surface area contributed by atoms with Gasteiger partial charge in [0.25, 0.3) is 5.91 Å². The molecule has 5 heteroatoms. The van der Waals surface area contributed by atoms with Crippen LogP contribution in [0.15, 0.2) is 18.2 Å². The minimum atomic E-state index is -0.591. The maximum atomic E-state index is 11.9. The largest absolute Gasteiger partial charge is 0.495 e. The van der Waals surface area contributed by atoms with Crippen LogP contribution >= 0.6 is 0 Å². The molecule has 1 amide bonds. The van der Waals surface area contributed by atoms with Crippen molar-refractivity contribution < 1.29 is 14.3 Å². The first-order valence-corrected chi connectivity index (χ1v) is 6.15. The lowest BCUT2D eigenvalue weighted by molar-refractivity contribution is -0.128. The zero-order valence-corrected chi connectivity index (χ0v) is 12.1. The summed E-state index contributed by atoms with van der Waals surface area (Å²) in [7, 11) is 1.55. The number of rotatable bonds is 4. The first kappa shape index (κ1) is 15.1. The molecule has 0 saturated heterocycles. The van der Waals surface area contributed by atoms with Crippen LogP contribution in [0.2, 0.25) is 0 Å². The molecule has 0 radical (unpaired) electrons. The molecule has 0 fully saturated rings. The molecule has 1 aromatic rings. The van der Waals surface area contributed by atoms with Gasteiger partial charge in [-0.05, 0) is 39.8 Å². The van der Waals surface area contributed by atoms with Crippen LogP contribution in [-0.4, -0.2) is 24.7 Å². The van der Waals surface area contributed by atoms with Crippen LogP contribution in [0.5, 0.6) is 11.5 Å². The smallest absolute Gasteiger partial charge is 0.261 e. The molecular weight excluding hydrogens is 244 g/mol. The van der Waals surface area contributed by atoms with Crippen molar-refractivity contribution in [3.8, 4) is 11.5 Å². The number of ether oxygens (including phenoxy) is 2. The number of hydrogen-bond donors (Lipinski definition) is 2. The molecule has 0 bridgehead atoms. The van der Waals surface area contributed by atoms with Crippen molar-refractivity contribution >= 4 is 11.6 Å². The summed E-state index contributed by atoms with van der Waals surface area (Å²) in [6.07, 6.45) is -0.591. The van der Waals surface area contributed by atoms with E-state index in [1.54, 1.807) is 32.2 Å². The number of anilines is 1.